The molecule has 3 atom stereocenters. The number of thiophene rings is 1. The maximum absolute atomic E-state index is 13.2. The first-order chi connectivity index (χ1) is 19.8. The van der Waals surface area contributed by atoms with Gasteiger partial charge in [-0.3, -0.25) is 23.9 Å². The van der Waals surface area contributed by atoms with Crippen molar-refractivity contribution < 1.29 is 23.6 Å². The predicted molar refractivity (Wildman–Crippen MR) is 149 cm³/mol. The zero-order chi connectivity index (χ0) is 28.6. The second kappa shape index (κ2) is 10.7. The fourth-order valence-electron chi connectivity index (χ4n) is 5.25. The largest absolute Gasteiger partial charge is 0.457 e. The van der Waals surface area contributed by atoms with Crippen LogP contribution < -0.4 is 21.1 Å². The van der Waals surface area contributed by atoms with Gasteiger partial charge < -0.3 is 20.3 Å². The Kier molecular flexibility index (Phi) is 6.91. The summed E-state index contributed by atoms with van der Waals surface area (Å²) in [6.07, 6.45) is 1.41. The van der Waals surface area contributed by atoms with E-state index in [2.05, 4.69) is 32.2 Å². The van der Waals surface area contributed by atoms with E-state index in [0.29, 0.717) is 34.9 Å². The summed E-state index contributed by atoms with van der Waals surface area (Å²) in [5.41, 5.74) is 0.992. The van der Waals surface area contributed by atoms with Gasteiger partial charge in [-0.1, -0.05) is 30.3 Å². The monoisotopic (exact) mass is 573 g/mol. The highest BCUT2D eigenvalue weighted by atomic mass is 32.1. The molecule has 2 aliphatic rings. The first-order valence-corrected chi connectivity index (χ1v) is 14.0. The number of ether oxygens (including phenoxy) is 1. The number of para-hydroxylation sites is 1. The molecule has 0 radical (unpaired) electrons. The number of hydrogen-bond acceptors (Lipinski definition) is 8. The number of hydrogen-bond donors (Lipinski definition) is 3. The molecule has 1 aliphatic carbocycles. The molecule has 3 amide bonds. The summed E-state index contributed by atoms with van der Waals surface area (Å²) in [4.78, 5) is 55.3. The van der Waals surface area contributed by atoms with Crippen molar-refractivity contribution in [1.82, 2.24) is 25.7 Å². The van der Waals surface area contributed by atoms with E-state index in [4.69, 9.17) is 4.74 Å². The van der Waals surface area contributed by atoms with Crippen LogP contribution in [-0.2, 0) is 16.1 Å². The molecule has 2 aromatic heterocycles. The van der Waals surface area contributed by atoms with Gasteiger partial charge in [-0.2, -0.15) is 0 Å². The smallest absolute Gasteiger partial charge is 0.439 e. The summed E-state index contributed by atoms with van der Waals surface area (Å²) in [5, 5.41) is 11.1. The van der Waals surface area contributed by atoms with E-state index in [9.17, 15) is 19.2 Å². The lowest BCUT2D eigenvalue weighted by molar-refractivity contribution is -0.139. The van der Waals surface area contributed by atoms with Crippen LogP contribution in [-0.4, -0.2) is 51.4 Å². The fourth-order valence-corrected chi connectivity index (χ4v) is 6.06. The fraction of sp³-hybridized carbons (Fsp3) is 0.276. The summed E-state index contributed by atoms with van der Waals surface area (Å²) in [6.45, 7) is 2.14. The number of fused-ring (bicyclic) bond motifs is 1. The Hall–Kier alpha value is -4.71. The van der Waals surface area contributed by atoms with Crippen LogP contribution in [0.25, 0.3) is 11.4 Å². The Morgan fingerprint density at radius 2 is 1.85 bits per heavy atom. The van der Waals surface area contributed by atoms with Crippen molar-refractivity contribution in [1.29, 1.82) is 0 Å². The number of amides is 3. The topological polar surface area (TPSA) is 147 Å². The number of H-pyrrole nitrogens is 1. The molecule has 0 bridgehead atoms. The SMILES string of the molecule is C[C@@]12C[C@@H]1N(C(=O)CNC(=O)c1ccc(Oc3ccccc3)cc1)[C@H](C(=O)NCc1cc(-c3noc(=O)[nH]3)cs1)C2. The van der Waals surface area contributed by atoms with Crippen molar-refractivity contribution >= 4 is 29.1 Å². The Morgan fingerprint density at radius 1 is 1.10 bits per heavy atom. The number of benzene rings is 2. The Bertz CT molecular complexity index is 1650. The van der Waals surface area contributed by atoms with E-state index in [0.717, 1.165) is 11.3 Å². The van der Waals surface area contributed by atoms with E-state index in [1.165, 1.54) is 11.3 Å². The van der Waals surface area contributed by atoms with Gasteiger partial charge >= 0.3 is 5.76 Å². The number of rotatable bonds is 9. The van der Waals surface area contributed by atoms with E-state index in [1.54, 1.807) is 29.2 Å². The maximum atomic E-state index is 13.2. The molecular formula is C29H27N5O6S. The van der Waals surface area contributed by atoms with E-state index in [-0.39, 0.29) is 42.3 Å². The van der Waals surface area contributed by atoms with Crippen LogP contribution in [0, 0.1) is 5.41 Å². The third-order valence-electron chi connectivity index (χ3n) is 7.53. The minimum absolute atomic E-state index is 0.0191. The van der Waals surface area contributed by atoms with Gasteiger partial charge in [0.1, 0.15) is 17.5 Å². The van der Waals surface area contributed by atoms with Gasteiger partial charge in [-0.05, 0) is 60.7 Å². The van der Waals surface area contributed by atoms with Crippen molar-refractivity contribution in [3.05, 3.63) is 87.0 Å². The minimum Gasteiger partial charge on any atom is -0.457 e. The summed E-state index contributed by atoms with van der Waals surface area (Å²) < 4.78 is 10.3. The molecule has 0 spiro atoms. The second-order valence-electron chi connectivity index (χ2n) is 10.5. The molecule has 6 rings (SSSR count). The summed E-state index contributed by atoms with van der Waals surface area (Å²) in [5.74, 6) is 0.0550. The lowest BCUT2D eigenvalue weighted by Crippen LogP contribution is -2.50. The quantitative estimate of drug-likeness (QED) is 0.278. The standard InChI is InChI=1S/C29H27N5O6S/c1-29-12-22(27(37)30-14-21-11-18(16-41-21)25-32-28(38)40-33-25)34(23(29)13-29)24(35)15-31-26(36)17-7-9-20(10-8-17)39-19-5-3-2-4-6-19/h2-11,16,22-23H,12-15H2,1H3,(H,30,37)(H,31,36)(H,32,33,38)/t22-,23-,29+/m0/s1. The summed E-state index contributed by atoms with van der Waals surface area (Å²) >= 11 is 1.41. The number of nitrogens with zero attached hydrogens (tertiary/aromatic N) is 2. The van der Waals surface area contributed by atoms with E-state index < -0.39 is 11.8 Å². The Morgan fingerprint density at radius 3 is 2.59 bits per heavy atom. The highest BCUT2D eigenvalue weighted by Gasteiger charge is 2.64. The van der Waals surface area contributed by atoms with Gasteiger partial charge in [0.15, 0.2) is 5.82 Å². The molecule has 4 aromatic rings. The highest BCUT2D eigenvalue weighted by Crippen LogP contribution is 2.59. The Labute approximate surface area is 238 Å². The average molecular weight is 574 g/mol. The van der Waals surface area contributed by atoms with Crippen molar-refractivity contribution in [3.63, 3.8) is 0 Å². The normalized spacial score (nSPS) is 20.8. The van der Waals surface area contributed by atoms with Crippen LogP contribution in [0.4, 0.5) is 0 Å². The third kappa shape index (κ3) is 5.64. The van der Waals surface area contributed by atoms with Crippen molar-refractivity contribution in [2.75, 3.05) is 6.54 Å². The molecule has 2 aromatic carbocycles. The average Bonchev–Trinajstić information content (AvgIpc) is 3.35. The van der Waals surface area contributed by atoms with Crippen LogP contribution in [0.2, 0.25) is 0 Å². The highest BCUT2D eigenvalue weighted by molar-refractivity contribution is 7.10. The first kappa shape index (κ1) is 26.5. The number of aromatic nitrogens is 2. The molecule has 1 saturated heterocycles. The zero-order valence-corrected chi connectivity index (χ0v) is 22.9. The Balaban J connectivity index is 1.03. The molecular weight excluding hydrogens is 546 g/mol. The van der Waals surface area contributed by atoms with Crippen LogP contribution >= 0.6 is 11.3 Å². The second-order valence-corrected chi connectivity index (χ2v) is 11.5. The number of nitrogens with one attached hydrogen (secondary N) is 3. The minimum atomic E-state index is -0.637. The predicted octanol–water partition coefficient (Wildman–Crippen LogP) is 3.31. The van der Waals surface area contributed by atoms with E-state index in [1.807, 2.05) is 41.8 Å². The lowest BCUT2D eigenvalue weighted by Gasteiger charge is -2.27. The number of aromatic amines is 1. The van der Waals surface area contributed by atoms with Gasteiger partial charge in [0, 0.05) is 27.4 Å². The van der Waals surface area contributed by atoms with Crippen LogP contribution in [0.1, 0.15) is 35.0 Å². The van der Waals surface area contributed by atoms with Gasteiger partial charge in [0.25, 0.3) is 5.91 Å². The molecule has 11 nitrogen and oxygen atoms in total. The number of carbonyl (C=O) groups excluding carboxylic acids is 3. The van der Waals surface area contributed by atoms with Crippen LogP contribution in [0.3, 0.4) is 0 Å². The van der Waals surface area contributed by atoms with E-state index >= 15 is 0 Å². The molecule has 41 heavy (non-hydrogen) atoms. The van der Waals surface area contributed by atoms with Gasteiger partial charge in [0.05, 0.1) is 13.1 Å². The number of piperidine rings is 1. The molecule has 3 heterocycles. The number of carbonyl (C=O) groups is 3. The first-order valence-electron chi connectivity index (χ1n) is 13.1. The molecule has 2 fully saturated rings. The van der Waals surface area contributed by atoms with Gasteiger partial charge in [-0.15, -0.1) is 11.3 Å². The van der Waals surface area contributed by atoms with Crippen molar-refractivity contribution in [2.45, 2.75) is 38.4 Å². The molecule has 210 valence electrons. The molecule has 0 unspecified atom stereocenters. The van der Waals surface area contributed by atoms with Crippen molar-refractivity contribution in [3.8, 4) is 22.9 Å². The van der Waals surface area contributed by atoms with Gasteiger partial charge in [-0.25, -0.2) is 4.79 Å². The van der Waals surface area contributed by atoms with Gasteiger partial charge in [0.2, 0.25) is 11.8 Å². The molecule has 12 heteroatoms. The van der Waals surface area contributed by atoms with Crippen LogP contribution in [0.5, 0.6) is 11.5 Å². The molecule has 1 saturated carbocycles. The zero-order valence-electron chi connectivity index (χ0n) is 22.1. The maximum Gasteiger partial charge on any atom is 0.439 e. The number of likely N-dealkylation sites (tertiary alicyclic amines) is 1. The summed E-state index contributed by atoms with van der Waals surface area (Å²) in [7, 11) is 0. The van der Waals surface area contributed by atoms with Crippen molar-refractivity contribution in [2.24, 2.45) is 5.41 Å². The van der Waals surface area contributed by atoms with Crippen LogP contribution in [0.15, 0.2) is 75.4 Å². The molecule has 1 aliphatic heterocycles. The molecule has 3 N–H and O–H groups in total. The summed E-state index contributed by atoms with van der Waals surface area (Å²) in [6, 6.07) is 17.2. The lowest BCUT2D eigenvalue weighted by atomic mass is 10.0. The third-order valence-corrected chi connectivity index (χ3v) is 8.46.